The number of hydrogen-bond donors (Lipinski definition) is 6. The van der Waals surface area contributed by atoms with Gasteiger partial charge in [-0.3, -0.25) is 67.1 Å². The van der Waals surface area contributed by atoms with E-state index in [-0.39, 0.29) is 76.7 Å². The molecule has 1 atom stereocenters. The van der Waals surface area contributed by atoms with Crippen LogP contribution in [0.4, 0.5) is 5.69 Å². The van der Waals surface area contributed by atoms with E-state index in [9.17, 15) is 71.9 Å². The summed E-state index contributed by atoms with van der Waals surface area (Å²) >= 11 is 23.1. The Kier molecular flexibility index (Phi) is 57.0. The first-order valence-electron chi connectivity index (χ1n) is 42.1. The number of esters is 3. The molecule has 40 heteroatoms. The molecule has 6 fully saturated rings. The van der Waals surface area contributed by atoms with E-state index in [4.69, 9.17) is 113 Å². The molecule has 2 spiro atoms. The topological polar surface area (TPSA) is 529 Å². The minimum absolute atomic E-state index is 0.0298. The Hall–Kier alpha value is -9.73. The van der Waals surface area contributed by atoms with Gasteiger partial charge in [-0.05, 0) is 219 Å². The maximum Gasteiger partial charge on any atom is 0.306 e. The Morgan fingerprint density at radius 3 is 1.07 bits per heavy atom. The van der Waals surface area contributed by atoms with Crippen LogP contribution in [0.15, 0.2) is 78.9 Å². The molecule has 4 aliphatic heterocycles. The van der Waals surface area contributed by atoms with Crippen molar-refractivity contribution in [3.63, 3.8) is 0 Å². The molecule has 2 saturated carbocycles. The average molecular weight is 1940 g/mol. The van der Waals surface area contributed by atoms with Gasteiger partial charge in [0.15, 0.2) is 23.1 Å². The fraction of sp³-hybridized carbons (Fsp3) is 0.538. The molecular weight excluding hydrogens is 1820 g/mol. The molecule has 3 aromatic carbocycles. The maximum absolute atomic E-state index is 11.6. The second-order valence-corrected chi connectivity index (χ2v) is 31.9. The van der Waals surface area contributed by atoms with Gasteiger partial charge in [0.1, 0.15) is 28.9 Å². The molecule has 728 valence electrons. The Labute approximate surface area is 788 Å². The molecule has 2 aliphatic carbocycles. The largest absolute Gasteiger partial charge is 0.481 e. The van der Waals surface area contributed by atoms with E-state index in [1.54, 1.807) is 63.2 Å². The number of carbonyl (C=O) groups is 16. The summed E-state index contributed by atoms with van der Waals surface area (Å²) in [4.78, 5) is 171. The number of hydrogen-bond acceptors (Lipinski definition) is 28. The summed E-state index contributed by atoms with van der Waals surface area (Å²) in [5.74, 6) is -6.23. The fourth-order valence-electron chi connectivity index (χ4n) is 13.4. The van der Waals surface area contributed by atoms with Crippen LogP contribution in [0.5, 0.6) is 0 Å². The van der Waals surface area contributed by atoms with Crippen LogP contribution in [0.1, 0.15) is 235 Å². The van der Waals surface area contributed by atoms with Gasteiger partial charge in [-0.25, -0.2) is 0 Å². The molecule has 10 N–H and O–H groups in total. The van der Waals surface area contributed by atoms with Gasteiger partial charge in [0, 0.05) is 154 Å². The number of carboxylic acid groups (broad SMARTS) is 2. The number of aromatic nitrogens is 2. The van der Waals surface area contributed by atoms with Crippen molar-refractivity contribution in [1.82, 2.24) is 9.13 Å². The maximum atomic E-state index is 11.6. The van der Waals surface area contributed by atoms with Crippen LogP contribution in [0.3, 0.4) is 0 Å². The summed E-state index contributed by atoms with van der Waals surface area (Å²) in [5, 5.41) is 13.8. The van der Waals surface area contributed by atoms with Crippen molar-refractivity contribution in [3.8, 4) is 11.4 Å². The molecule has 6 heterocycles. The number of primary amides is 3. The highest BCUT2D eigenvalue weighted by molar-refractivity contribution is 6.97. The number of amides is 3. The highest BCUT2D eigenvalue weighted by Crippen LogP contribution is 2.39. The second kappa shape index (κ2) is 62.6. The molecule has 11 rings (SSSR count). The van der Waals surface area contributed by atoms with E-state index in [1.165, 1.54) is 27.7 Å². The zero-order valence-corrected chi connectivity index (χ0v) is 80.3. The van der Waals surface area contributed by atoms with Crippen LogP contribution >= 0.6 is 58.0 Å². The number of rotatable bonds is 28. The Morgan fingerprint density at radius 1 is 0.443 bits per heavy atom. The summed E-state index contributed by atoms with van der Waals surface area (Å²) in [6.45, 7) is 27.6. The van der Waals surface area contributed by atoms with Crippen LogP contribution in [-0.2, 0) is 127 Å². The van der Waals surface area contributed by atoms with E-state index < -0.39 is 63.4 Å². The van der Waals surface area contributed by atoms with Crippen molar-refractivity contribution < 1.29 is 139 Å². The molecule has 0 radical (unpaired) electrons. The molecule has 5 aromatic rings. The number of anilines is 1. The number of nitrogens with zero attached hydrogens (tertiary/aromatic N) is 2. The summed E-state index contributed by atoms with van der Waals surface area (Å²) in [6, 6.07) is 23.5. The third-order valence-electron chi connectivity index (χ3n) is 19.7. The minimum Gasteiger partial charge on any atom is -0.481 e. The number of nitrogens with two attached hydrogens (primary N) is 4. The molecule has 4 saturated heterocycles. The van der Waals surface area contributed by atoms with Gasteiger partial charge in [0.2, 0.25) is 23.0 Å². The second-order valence-electron chi connectivity index (χ2n) is 29.9. The first-order chi connectivity index (χ1) is 61.6. The number of ether oxygens (including phenoxy) is 11. The number of nitrogen functional groups attached to an aromatic ring is 1. The van der Waals surface area contributed by atoms with Crippen LogP contribution in [-0.4, -0.2) is 213 Å². The van der Waals surface area contributed by atoms with Crippen molar-refractivity contribution in [2.75, 3.05) is 83.7 Å². The quantitative estimate of drug-likeness (QED) is 0.00515. The molecule has 2 aromatic heterocycles. The van der Waals surface area contributed by atoms with Crippen LogP contribution in [0.2, 0.25) is 0 Å². The lowest BCUT2D eigenvalue weighted by Crippen LogP contribution is -2.42. The number of alkyl halides is 2. The standard InChI is InChI=1S/C18H22N2O3.C16H18N2O3.2C12H20O5.C10H14O4.C8H10N2O.C8H12O3.C2Cl2O2.C2H3ClO.C2H4O2.CH2Cl2/c1-4-23-17(21)10-8-15-7-5-13(3)20(15)16-9-6-14(18(19)22)11-12(16)2;1-10-9-12(16(17)21)4-7-14(10)18-11(2)3-5-13(18)6-8-15(19)20;2*1-3-15-11(14)5-7-12(6-4-10(2)13)16-8-9-17-12;1-7(11)8-6-10(3-2-9(8)12)13-4-5-14-10;1-5-4-6(8(10)11)2-3-7(5)9;9-7-1-3-8(4-2-7)10-5-6-11-8;3-1(5)2(4)6;2*1-2(3)4;2-1-3/h5-7,9,11H,4,8,10H2,1-3H3,(H2,19,22);3-5,7,9H,6,8H2,1-2H3,(H2,17,21)(H,19,20);2*3-9H2,1-2H3;8H,2-6H2,1H3;2-4H,9H2,1H3,(H2,10,11);1-6H2;;1H3;1H3,(H,3,4);1H2. The molecule has 35 nitrogen and oxygen atoms in total. The first kappa shape index (κ1) is 119. The predicted octanol–water partition coefficient (Wildman–Crippen LogP) is 12.8. The highest BCUT2D eigenvalue weighted by Gasteiger charge is 2.46. The van der Waals surface area contributed by atoms with E-state index in [2.05, 4.69) is 39.4 Å². The first-order valence-corrected chi connectivity index (χ1v) is 44.3. The molecule has 131 heavy (non-hydrogen) atoms. The van der Waals surface area contributed by atoms with Gasteiger partial charge in [-0.1, -0.05) is 0 Å². The van der Waals surface area contributed by atoms with E-state index in [0.29, 0.717) is 191 Å². The minimum atomic E-state index is -1.14. The lowest BCUT2D eigenvalue weighted by Gasteiger charge is -2.34. The number of halogens is 5. The van der Waals surface area contributed by atoms with Gasteiger partial charge in [0.25, 0.3) is 5.97 Å². The van der Waals surface area contributed by atoms with E-state index >= 15 is 0 Å². The molecular formula is C91H125Cl5N6O29. The number of aliphatic carboxylic acids is 2. The lowest BCUT2D eigenvalue weighted by molar-refractivity contribution is -0.190. The monoisotopic (exact) mass is 1940 g/mol. The third-order valence-corrected chi connectivity index (χ3v) is 20.1. The Bertz CT molecular complexity index is 4500. The van der Waals surface area contributed by atoms with Gasteiger partial charge in [0.05, 0.1) is 110 Å². The van der Waals surface area contributed by atoms with Crippen molar-refractivity contribution in [3.05, 3.63) is 135 Å². The number of Topliss-reactive ketones (excluding diaryl/α,β-unsaturated/α-hetero) is 5. The SMILES string of the molecule is CC(=O)C1CC2(CCC1=O)OCCO2.CC(=O)Cl.CC(=O)O.CCOC(=O)CCC1(CCC(C)=O)OCCO1.CCOC(=O)CCC1(CCC(C)=O)OCCO1.CCOC(=O)CCc1ccc(C)n1-c1ccc(C(N)=O)cc1C.Cc1cc(C(N)=O)ccc1-n1c(C)ccc1CCC(=O)O.Cc1cc(C(N)=O)ccc1N.ClCCl.O=C(Cl)C(=O)Cl.O=C1CCC2(CC1)OCCO2. The number of carboxylic acids is 2. The Morgan fingerprint density at radius 2 is 0.756 bits per heavy atom. The fourth-order valence-corrected chi connectivity index (χ4v) is 13.4. The van der Waals surface area contributed by atoms with Crippen LogP contribution in [0.25, 0.3) is 11.4 Å². The number of ketones is 5. The Balaban J connectivity index is 0.000000749. The van der Waals surface area contributed by atoms with Crippen LogP contribution < -0.4 is 22.9 Å². The predicted molar refractivity (Wildman–Crippen MR) is 487 cm³/mol. The van der Waals surface area contributed by atoms with Crippen molar-refractivity contribution in [1.29, 1.82) is 0 Å². The van der Waals surface area contributed by atoms with Crippen LogP contribution in [0, 0.1) is 40.5 Å². The molecule has 1 unspecified atom stereocenters. The summed E-state index contributed by atoms with van der Waals surface area (Å²) in [5.41, 5.74) is 32.0. The van der Waals surface area contributed by atoms with Gasteiger partial charge in [-0.2, -0.15) is 0 Å². The molecule has 0 bridgehead atoms. The van der Waals surface area contributed by atoms with Crippen molar-refractivity contribution >= 4 is 156 Å². The zero-order valence-electron chi connectivity index (χ0n) is 76.5. The number of benzene rings is 3. The van der Waals surface area contributed by atoms with Crippen molar-refractivity contribution in [2.45, 2.75) is 235 Å². The number of aryl methyl sites for hydroxylation is 7. The third kappa shape index (κ3) is 47.0. The summed E-state index contributed by atoms with van der Waals surface area (Å²) < 4.78 is 62.8. The van der Waals surface area contributed by atoms with E-state index in [0.717, 1.165) is 70.6 Å². The van der Waals surface area contributed by atoms with Crippen molar-refractivity contribution in [2.24, 2.45) is 23.1 Å². The normalized spacial score (nSPS) is 15.7. The van der Waals surface area contributed by atoms with Gasteiger partial charge in [-0.15, -0.1) is 23.2 Å². The van der Waals surface area contributed by atoms with Gasteiger partial charge >= 0.3 is 34.4 Å². The summed E-state index contributed by atoms with van der Waals surface area (Å²) in [7, 11) is 0. The smallest absolute Gasteiger partial charge is 0.306 e. The average Bonchev–Trinajstić information content (AvgIpc) is 1.71. The zero-order chi connectivity index (χ0) is 99.4. The van der Waals surface area contributed by atoms with Gasteiger partial charge < -0.3 is 104 Å². The van der Waals surface area contributed by atoms with E-state index in [1.807, 2.05) is 75.6 Å². The summed E-state index contributed by atoms with van der Waals surface area (Å²) in [6.07, 6.45) is 8.85. The molecule has 3 amide bonds. The molecule has 6 aliphatic rings. The lowest BCUT2D eigenvalue weighted by atomic mass is 9.81. The number of carbonyl (C=O) groups excluding carboxylic acids is 14. The highest BCUT2D eigenvalue weighted by atomic mass is 35.5.